The SMILES string of the molecule is CC(C)(N=NCCCOc1ccccc1)OO. The predicted octanol–water partition coefficient (Wildman–Crippen LogP) is 3.13. The highest BCUT2D eigenvalue weighted by Crippen LogP contribution is 2.10. The summed E-state index contributed by atoms with van der Waals surface area (Å²) in [4.78, 5) is 4.12. The third-order valence-corrected chi connectivity index (χ3v) is 1.95. The Hall–Kier alpha value is -1.46. The molecule has 0 radical (unpaired) electrons. The zero-order chi connectivity index (χ0) is 12.6. The maximum Gasteiger partial charge on any atom is 0.206 e. The largest absolute Gasteiger partial charge is 0.494 e. The van der Waals surface area contributed by atoms with Gasteiger partial charge in [0.15, 0.2) is 0 Å². The van der Waals surface area contributed by atoms with Crippen molar-refractivity contribution in [1.82, 2.24) is 0 Å². The van der Waals surface area contributed by atoms with Crippen LogP contribution in [0, 0.1) is 0 Å². The van der Waals surface area contributed by atoms with E-state index >= 15 is 0 Å². The molecule has 1 N–H and O–H groups in total. The van der Waals surface area contributed by atoms with Crippen LogP contribution in [-0.2, 0) is 4.89 Å². The molecule has 0 saturated carbocycles. The Labute approximate surface area is 101 Å². The summed E-state index contributed by atoms with van der Waals surface area (Å²) in [6.07, 6.45) is 0.764. The first-order valence-corrected chi connectivity index (χ1v) is 5.53. The summed E-state index contributed by atoms with van der Waals surface area (Å²) in [5.41, 5.74) is -0.972. The van der Waals surface area contributed by atoms with Gasteiger partial charge in [0.05, 0.1) is 13.2 Å². The number of rotatable bonds is 7. The molecule has 5 nitrogen and oxygen atoms in total. The standard InChI is InChI=1S/C12H18N2O3/c1-12(2,17-15)14-13-9-6-10-16-11-7-4-3-5-8-11/h3-5,7-8,15H,6,9-10H2,1-2H3. The van der Waals surface area contributed by atoms with Gasteiger partial charge < -0.3 is 4.74 Å². The van der Waals surface area contributed by atoms with Gasteiger partial charge >= 0.3 is 0 Å². The van der Waals surface area contributed by atoms with Gasteiger partial charge in [-0.2, -0.15) is 10.2 Å². The molecular weight excluding hydrogens is 220 g/mol. The van der Waals surface area contributed by atoms with Crippen LogP contribution in [0.15, 0.2) is 40.6 Å². The molecule has 0 amide bonds. The molecule has 1 aromatic carbocycles. The second-order valence-electron chi connectivity index (χ2n) is 4.02. The van der Waals surface area contributed by atoms with Gasteiger partial charge in [0.1, 0.15) is 5.75 Å². The molecule has 0 saturated heterocycles. The molecule has 0 fully saturated rings. The van der Waals surface area contributed by atoms with E-state index in [-0.39, 0.29) is 0 Å². The number of hydrogen-bond donors (Lipinski definition) is 1. The zero-order valence-corrected chi connectivity index (χ0v) is 10.2. The lowest BCUT2D eigenvalue weighted by Crippen LogP contribution is -2.18. The number of hydrogen-bond acceptors (Lipinski definition) is 5. The molecule has 94 valence electrons. The third kappa shape index (κ3) is 5.99. The summed E-state index contributed by atoms with van der Waals surface area (Å²) in [5.74, 6) is 0.850. The molecule has 0 bridgehead atoms. The summed E-state index contributed by atoms with van der Waals surface area (Å²) in [7, 11) is 0. The van der Waals surface area contributed by atoms with Crippen molar-refractivity contribution in [2.45, 2.75) is 26.0 Å². The predicted molar refractivity (Wildman–Crippen MR) is 64.1 cm³/mol. The highest BCUT2D eigenvalue weighted by molar-refractivity contribution is 5.20. The van der Waals surface area contributed by atoms with Gasteiger partial charge in [0.25, 0.3) is 0 Å². The first kappa shape index (κ1) is 13.6. The Balaban J connectivity index is 2.13. The van der Waals surface area contributed by atoms with E-state index in [9.17, 15) is 0 Å². The van der Waals surface area contributed by atoms with Gasteiger partial charge in [-0.15, -0.1) is 0 Å². The van der Waals surface area contributed by atoms with Crippen LogP contribution in [0.3, 0.4) is 0 Å². The Bertz CT molecular complexity index is 339. The van der Waals surface area contributed by atoms with Gasteiger partial charge in [-0.3, -0.25) is 0 Å². The summed E-state index contributed by atoms with van der Waals surface area (Å²) >= 11 is 0. The Morgan fingerprint density at radius 1 is 1.24 bits per heavy atom. The fourth-order valence-corrected chi connectivity index (χ4v) is 1.08. The van der Waals surface area contributed by atoms with E-state index < -0.39 is 5.72 Å². The molecule has 0 aliphatic heterocycles. The Morgan fingerprint density at radius 2 is 1.94 bits per heavy atom. The Kier molecular flexibility index (Phi) is 5.59. The molecule has 5 heteroatoms. The lowest BCUT2D eigenvalue weighted by atomic mass is 10.3. The lowest BCUT2D eigenvalue weighted by molar-refractivity contribution is -0.311. The minimum Gasteiger partial charge on any atom is -0.494 e. The quantitative estimate of drug-likeness (QED) is 0.343. The van der Waals surface area contributed by atoms with Crippen molar-refractivity contribution in [2.75, 3.05) is 13.2 Å². The molecule has 0 unspecified atom stereocenters. The second-order valence-corrected chi connectivity index (χ2v) is 4.02. The van der Waals surface area contributed by atoms with Gasteiger partial charge in [0.2, 0.25) is 5.72 Å². The molecule has 1 aromatic rings. The van der Waals surface area contributed by atoms with E-state index in [2.05, 4.69) is 15.1 Å². The lowest BCUT2D eigenvalue weighted by Gasteiger charge is -2.12. The minimum atomic E-state index is -0.972. The number of para-hydroxylation sites is 1. The topological polar surface area (TPSA) is 63.4 Å². The first-order valence-electron chi connectivity index (χ1n) is 5.53. The van der Waals surface area contributed by atoms with Crippen molar-refractivity contribution in [1.29, 1.82) is 0 Å². The van der Waals surface area contributed by atoms with Crippen molar-refractivity contribution in [3.05, 3.63) is 30.3 Å². The van der Waals surface area contributed by atoms with Gasteiger partial charge in [0, 0.05) is 6.42 Å². The van der Waals surface area contributed by atoms with Crippen molar-refractivity contribution in [3.8, 4) is 5.75 Å². The number of nitrogens with zero attached hydrogens (tertiary/aromatic N) is 2. The van der Waals surface area contributed by atoms with Crippen LogP contribution in [0.5, 0.6) is 5.75 Å². The van der Waals surface area contributed by atoms with Crippen LogP contribution in [0.25, 0.3) is 0 Å². The van der Waals surface area contributed by atoms with Crippen LogP contribution in [-0.4, -0.2) is 24.1 Å². The molecule has 17 heavy (non-hydrogen) atoms. The van der Waals surface area contributed by atoms with E-state index in [1.54, 1.807) is 13.8 Å². The molecule has 0 aliphatic carbocycles. The monoisotopic (exact) mass is 238 g/mol. The minimum absolute atomic E-state index is 0.541. The second kappa shape index (κ2) is 6.98. The normalized spacial score (nSPS) is 11.9. The average molecular weight is 238 g/mol. The first-order chi connectivity index (χ1) is 8.14. The smallest absolute Gasteiger partial charge is 0.206 e. The molecule has 0 aliphatic rings. The van der Waals surface area contributed by atoms with Gasteiger partial charge in [-0.05, 0) is 26.0 Å². The molecule has 0 spiro atoms. The Morgan fingerprint density at radius 3 is 2.59 bits per heavy atom. The van der Waals surface area contributed by atoms with Crippen LogP contribution in [0.1, 0.15) is 20.3 Å². The molecule has 0 aromatic heterocycles. The zero-order valence-electron chi connectivity index (χ0n) is 10.2. The van der Waals surface area contributed by atoms with Crippen LogP contribution < -0.4 is 4.74 Å². The highest BCUT2D eigenvalue weighted by atomic mass is 17.1. The van der Waals surface area contributed by atoms with E-state index in [0.717, 1.165) is 12.2 Å². The fraction of sp³-hybridized carbons (Fsp3) is 0.500. The number of ether oxygens (including phenoxy) is 1. The van der Waals surface area contributed by atoms with Crippen molar-refractivity contribution in [2.24, 2.45) is 10.2 Å². The maximum atomic E-state index is 8.47. The van der Waals surface area contributed by atoms with E-state index in [0.29, 0.717) is 13.2 Å². The fourth-order valence-electron chi connectivity index (χ4n) is 1.08. The van der Waals surface area contributed by atoms with Crippen molar-refractivity contribution in [3.63, 3.8) is 0 Å². The van der Waals surface area contributed by atoms with Crippen LogP contribution in [0.4, 0.5) is 0 Å². The molecule has 0 heterocycles. The van der Waals surface area contributed by atoms with Gasteiger partial charge in [-0.25, -0.2) is 10.1 Å². The van der Waals surface area contributed by atoms with Gasteiger partial charge in [-0.1, -0.05) is 18.2 Å². The van der Waals surface area contributed by atoms with Crippen molar-refractivity contribution >= 4 is 0 Å². The summed E-state index contributed by atoms with van der Waals surface area (Å²) < 4.78 is 5.48. The van der Waals surface area contributed by atoms with Crippen LogP contribution in [0.2, 0.25) is 0 Å². The highest BCUT2D eigenvalue weighted by Gasteiger charge is 2.15. The van der Waals surface area contributed by atoms with E-state index in [1.165, 1.54) is 0 Å². The number of azo groups is 1. The average Bonchev–Trinajstić information content (AvgIpc) is 2.35. The van der Waals surface area contributed by atoms with Crippen molar-refractivity contribution < 1.29 is 14.9 Å². The summed E-state index contributed by atoms with van der Waals surface area (Å²) in [6, 6.07) is 9.61. The third-order valence-electron chi connectivity index (χ3n) is 1.95. The number of benzene rings is 1. The molecule has 1 rings (SSSR count). The maximum absolute atomic E-state index is 8.47. The summed E-state index contributed by atoms with van der Waals surface area (Å²) in [5, 5.41) is 16.2. The van der Waals surface area contributed by atoms with E-state index in [4.69, 9.17) is 9.99 Å². The molecular formula is C12H18N2O3. The molecule has 0 atom stereocenters. The van der Waals surface area contributed by atoms with E-state index in [1.807, 2.05) is 30.3 Å². The summed E-state index contributed by atoms with van der Waals surface area (Å²) in [6.45, 7) is 4.37. The van der Waals surface area contributed by atoms with Crippen LogP contribution >= 0.6 is 0 Å².